The highest BCUT2D eigenvalue weighted by Gasteiger charge is 2.17. The van der Waals surface area contributed by atoms with Crippen molar-refractivity contribution < 1.29 is 19.1 Å². The van der Waals surface area contributed by atoms with Gasteiger partial charge in [-0.3, -0.25) is 14.4 Å². The van der Waals surface area contributed by atoms with Crippen LogP contribution >= 0.6 is 11.8 Å². The van der Waals surface area contributed by atoms with Crippen LogP contribution in [0.1, 0.15) is 10.4 Å². The fourth-order valence-electron chi connectivity index (χ4n) is 1.26. The highest BCUT2D eigenvalue weighted by molar-refractivity contribution is 8.14. The van der Waals surface area contributed by atoms with Gasteiger partial charge in [-0.25, -0.2) is 0 Å². The minimum absolute atomic E-state index is 0.140. The molecule has 1 aromatic carbocycles. The summed E-state index contributed by atoms with van der Waals surface area (Å²) in [6.07, 6.45) is 0. The van der Waals surface area contributed by atoms with Gasteiger partial charge in [0.15, 0.2) is 0 Å². The summed E-state index contributed by atoms with van der Waals surface area (Å²) in [5.41, 5.74) is 6.19. The van der Waals surface area contributed by atoms with Gasteiger partial charge in [0.2, 0.25) is 11.0 Å². The lowest BCUT2D eigenvalue weighted by Crippen LogP contribution is -2.44. The van der Waals surface area contributed by atoms with Crippen molar-refractivity contribution in [2.45, 2.75) is 6.04 Å². The van der Waals surface area contributed by atoms with Crippen molar-refractivity contribution in [2.75, 3.05) is 19.4 Å². The van der Waals surface area contributed by atoms with Crippen molar-refractivity contribution in [1.82, 2.24) is 5.32 Å². The van der Waals surface area contributed by atoms with Crippen molar-refractivity contribution in [2.24, 2.45) is 5.73 Å². The van der Waals surface area contributed by atoms with Gasteiger partial charge in [-0.15, -0.1) is 0 Å². The Morgan fingerprint density at radius 1 is 1.30 bits per heavy atom. The van der Waals surface area contributed by atoms with Crippen molar-refractivity contribution >= 4 is 28.8 Å². The predicted molar refractivity (Wildman–Crippen MR) is 76.2 cm³/mol. The lowest BCUT2D eigenvalue weighted by molar-refractivity contribution is -0.141. The van der Waals surface area contributed by atoms with Crippen LogP contribution in [0.4, 0.5) is 0 Å². The minimum Gasteiger partial charge on any atom is -0.468 e. The highest BCUT2D eigenvalue weighted by Crippen LogP contribution is 2.12. The van der Waals surface area contributed by atoms with Crippen LogP contribution in [-0.4, -0.2) is 42.4 Å². The van der Waals surface area contributed by atoms with Gasteiger partial charge >= 0.3 is 5.97 Å². The van der Waals surface area contributed by atoms with Gasteiger partial charge in [-0.1, -0.05) is 42.1 Å². The standard InChI is InChI=1S/C13H16N2O4S/c1-19-11(16)7-15-12(17)10(14)8-20-13(18)9-5-3-2-4-6-9/h2-6,10H,7-8,14H2,1H3,(H,15,17)/t10-/m0/s1. The zero-order valence-electron chi connectivity index (χ0n) is 11.0. The van der Waals surface area contributed by atoms with E-state index in [1.165, 1.54) is 7.11 Å². The van der Waals surface area contributed by atoms with Crippen molar-refractivity contribution in [3.05, 3.63) is 35.9 Å². The van der Waals surface area contributed by atoms with Crippen molar-refractivity contribution in [1.29, 1.82) is 0 Å². The largest absolute Gasteiger partial charge is 0.468 e. The molecule has 0 saturated heterocycles. The van der Waals surface area contributed by atoms with E-state index in [2.05, 4.69) is 10.1 Å². The molecule has 1 rings (SSSR count). The third-order valence-corrected chi connectivity index (χ3v) is 3.40. The summed E-state index contributed by atoms with van der Waals surface area (Å²) in [4.78, 5) is 34.2. The molecule has 0 aliphatic rings. The second-order valence-corrected chi connectivity index (χ2v) is 4.86. The molecule has 0 radical (unpaired) electrons. The first-order valence-electron chi connectivity index (χ1n) is 5.87. The van der Waals surface area contributed by atoms with Gasteiger partial charge in [-0.2, -0.15) is 0 Å². The van der Waals surface area contributed by atoms with E-state index >= 15 is 0 Å². The first-order valence-corrected chi connectivity index (χ1v) is 6.85. The van der Waals surface area contributed by atoms with E-state index in [9.17, 15) is 14.4 Å². The number of hydrogen-bond donors (Lipinski definition) is 2. The minimum atomic E-state index is -0.864. The Bertz CT molecular complexity index is 479. The number of rotatable bonds is 6. The van der Waals surface area contributed by atoms with Crippen molar-refractivity contribution in [3.63, 3.8) is 0 Å². The Balaban J connectivity index is 2.35. The summed E-state index contributed by atoms with van der Waals surface area (Å²) in [6.45, 7) is -0.236. The zero-order valence-corrected chi connectivity index (χ0v) is 11.8. The quantitative estimate of drug-likeness (QED) is 0.726. The molecule has 0 heterocycles. The Labute approximate surface area is 121 Å². The average molecular weight is 296 g/mol. The zero-order chi connectivity index (χ0) is 15.0. The number of esters is 1. The van der Waals surface area contributed by atoms with Gasteiger partial charge in [-0.05, 0) is 0 Å². The molecule has 0 saturated carbocycles. The predicted octanol–water partition coefficient (Wildman–Crippen LogP) is 0.177. The van der Waals surface area contributed by atoms with Gasteiger partial charge in [0.25, 0.3) is 0 Å². The maximum absolute atomic E-state index is 11.8. The van der Waals surface area contributed by atoms with E-state index in [0.717, 1.165) is 11.8 Å². The number of nitrogens with one attached hydrogen (secondary N) is 1. The number of hydrogen-bond acceptors (Lipinski definition) is 6. The van der Waals surface area contributed by atoms with Crippen LogP contribution in [0.15, 0.2) is 30.3 Å². The Kier molecular flexibility index (Phi) is 6.75. The SMILES string of the molecule is COC(=O)CNC(=O)[C@@H](N)CSC(=O)c1ccccc1. The molecule has 0 aliphatic carbocycles. The molecule has 1 atom stereocenters. The van der Waals surface area contributed by atoms with Crippen LogP contribution in [0.25, 0.3) is 0 Å². The number of ether oxygens (including phenoxy) is 1. The maximum Gasteiger partial charge on any atom is 0.325 e. The van der Waals surface area contributed by atoms with E-state index < -0.39 is 17.9 Å². The molecule has 1 amide bonds. The number of amides is 1. The molecule has 1 aromatic rings. The van der Waals surface area contributed by atoms with Gasteiger partial charge < -0.3 is 15.8 Å². The summed E-state index contributed by atoms with van der Waals surface area (Å²) in [5.74, 6) is -0.914. The molecule has 0 bridgehead atoms. The van der Waals surface area contributed by atoms with Crippen LogP contribution in [0, 0.1) is 0 Å². The summed E-state index contributed by atoms with van der Waals surface area (Å²) < 4.78 is 4.38. The Morgan fingerprint density at radius 2 is 1.95 bits per heavy atom. The van der Waals surface area contributed by atoms with Crippen LogP contribution < -0.4 is 11.1 Å². The highest BCUT2D eigenvalue weighted by atomic mass is 32.2. The van der Waals surface area contributed by atoms with Crippen molar-refractivity contribution in [3.8, 4) is 0 Å². The van der Waals surface area contributed by atoms with E-state index in [1.54, 1.807) is 24.3 Å². The molecule has 0 spiro atoms. The molecular weight excluding hydrogens is 280 g/mol. The number of carbonyl (C=O) groups is 3. The fraction of sp³-hybridized carbons (Fsp3) is 0.308. The molecule has 7 heteroatoms. The number of thioether (sulfide) groups is 1. The molecular formula is C13H16N2O4S. The number of carbonyl (C=O) groups excluding carboxylic acids is 3. The lowest BCUT2D eigenvalue weighted by atomic mass is 10.2. The molecule has 108 valence electrons. The molecule has 6 nitrogen and oxygen atoms in total. The topological polar surface area (TPSA) is 98.5 Å². The molecule has 0 aromatic heterocycles. The molecule has 0 unspecified atom stereocenters. The average Bonchev–Trinajstić information content (AvgIpc) is 2.50. The summed E-state index contributed by atoms with van der Waals surface area (Å²) in [5, 5.41) is 2.18. The molecule has 0 fully saturated rings. The lowest BCUT2D eigenvalue weighted by Gasteiger charge is -2.10. The number of benzene rings is 1. The smallest absolute Gasteiger partial charge is 0.325 e. The van der Waals surface area contributed by atoms with Gasteiger partial charge in [0.1, 0.15) is 6.54 Å². The maximum atomic E-state index is 11.8. The summed E-state index contributed by atoms with van der Waals surface area (Å²) >= 11 is 0.965. The summed E-state index contributed by atoms with van der Waals surface area (Å²) in [7, 11) is 1.22. The van der Waals surface area contributed by atoms with E-state index in [0.29, 0.717) is 5.56 Å². The van der Waals surface area contributed by atoms with Gasteiger partial charge in [0.05, 0.1) is 13.2 Å². The summed E-state index contributed by atoms with van der Waals surface area (Å²) in [6, 6.07) is 7.86. The van der Waals surface area contributed by atoms with Crippen LogP contribution in [-0.2, 0) is 14.3 Å². The van der Waals surface area contributed by atoms with Crippen LogP contribution in [0.2, 0.25) is 0 Å². The van der Waals surface area contributed by atoms with E-state index in [1.807, 2.05) is 6.07 Å². The second-order valence-electron chi connectivity index (χ2n) is 3.86. The Hall–Kier alpha value is -1.86. The number of methoxy groups -OCH3 is 1. The first-order chi connectivity index (χ1) is 9.54. The molecule has 0 aliphatic heterocycles. The first kappa shape index (κ1) is 16.2. The van der Waals surface area contributed by atoms with Crippen LogP contribution in [0.3, 0.4) is 0 Å². The number of nitrogens with two attached hydrogens (primary N) is 1. The second kappa shape index (κ2) is 8.34. The van der Waals surface area contributed by atoms with E-state index in [-0.39, 0.29) is 17.4 Å². The third-order valence-electron chi connectivity index (χ3n) is 2.37. The molecule has 20 heavy (non-hydrogen) atoms. The van der Waals surface area contributed by atoms with Crippen LogP contribution in [0.5, 0.6) is 0 Å². The molecule has 3 N–H and O–H groups in total. The monoisotopic (exact) mass is 296 g/mol. The van der Waals surface area contributed by atoms with E-state index in [4.69, 9.17) is 5.73 Å². The fourth-order valence-corrected chi connectivity index (χ4v) is 2.05. The Morgan fingerprint density at radius 3 is 2.55 bits per heavy atom. The normalized spacial score (nSPS) is 11.5. The third kappa shape index (κ3) is 5.41. The van der Waals surface area contributed by atoms with Gasteiger partial charge in [0, 0.05) is 11.3 Å².